The third kappa shape index (κ3) is 4.01. The smallest absolute Gasteiger partial charge is 0.276 e. The number of carbonyl (C=O) groups excluding carboxylic acids is 2. The SMILES string of the molecule is Cc1ccc(CN2CCN(C(=O)c3nnn4c3C(=O)N[C@@H](c3ccccc3)C4)CC2)cc1. The van der Waals surface area contributed by atoms with Crippen molar-refractivity contribution >= 4 is 11.8 Å². The first kappa shape index (κ1) is 20.4. The van der Waals surface area contributed by atoms with Gasteiger partial charge in [-0.1, -0.05) is 65.4 Å². The van der Waals surface area contributed by atoms with Gasteiger partial charge in [0.2, 0.25) is 0 Å². The molecule has 1 saturated heterocycles. The Labute approximate surface area is 186 Å². The molecule has 3 aromatic rings. The average molecular weight is 431 g/mol. The van der Waals surface area contributed by atoms with E-state index < -0.39 is 0 Å². The Hall–Kier alpha value is -3.52. The van der Waals surface area contributed by atoms with Gasteiger partial charge in [0.25, 0.3) is 11.8 Å². The van der Waals surface area contributed by atoms with Crippen molar-refractivity contribution in [2.45, 2.75) is 26.1 Å². The number of amides is 2. The molecule has 8 heteroatoms. The standard InChI is InChI=1S/C24H26N6O2/c1-17-7-9-18(10-8-17)15-28-11-13-29(14-12-28)24(32)21-22-23(31)25-20(16-30(22)27-26-21)19-5-3-2-4-6-19/h2-10,20H,11-16H2,1H3,(H,25,31)/t20-/m1/s1. The molecule has 3 heterocycles. The van der Waals surface area contributed by atoms with Crippen LogP contribution in [0.15, 0.2) is 54.6 Å². The van der Waals surface area contributed by atoms with Crippen molar-refractivity contribution in [2.24, 2.45) is 0 Å². The van der Waals surface area contributed by atoms with Gasteiger partial charge in [-0.3, -0.25) is 14.5 Å². The molecule has 0 saturated carbocycles. The lowest BCUT2D eigenvalue weighted by molar-refractivity contribution is 0.0617. The maximum atomic E-state index is 13.1. The monoisotopic (exact) mass is 430 g/mol. The summed E-state index contributed by atoms with van der Waals surface area (Å²) in [5.41, 5.74) is 3.91. The molecule has 2 aromatic carbocycles. The number of hydrogen-bond donors (Lipinski definition) is 1. The summed E-state index contributed by atoms with van der Waals surface area (Å²) in [7, 11) is 0. The van der Waals surface area contributed by atoms with Crippen LogP contribution in [0.1, 0.15) is 43.7 Å². The molecule has 1 aromatic heterocycles. The summed E-state index contributed by atoms with van der Waals surface area (Å²) in [6.07, 6.45) is 0. The first-order valence-corrected chi connectivity index (χ1v) is 10.9. The summed E-state index contributed by atoms with van der Waals surface area (Å²) in [6, 6.07) is 18.1. The minimum atomic E-state index is -0.309. The molecule has 2 aliphatic rings. The summed E-state index contributed by atoms with van der Waals surface area (Å²) in [5.74, 6) is -0.536. The van der Waals surface area contributed by atoms with Crippen LogP contribution in [0.3, 0.4) is 0 Å². The van der Waals surface area contributed by atoms with Crippen LogP contribution in [-0.4, -0.2) is 62.8 Å². The van der Waals surface area contributed by atoms with Crippen LogP contribution in [0.5, 0.6) is 0 Å². The highest BCUT2D eigenvalue weighted by Crippen LogP contribution is 2.23. The molecule has 0 radical (unpaired) electrons. The molecule has 1 N–H and O–H groups in total. The number of nitrogens with one attached hydrogen (secondary N) is 1. The highest BCUT2D eigenvalue weighted by atomic mass is 16.2. The van der Waals surface area contributed by atoms with Gasteiger partial charge >= 0.3 is 0 Å². The van der Waals surface area contributed by atoms with Crippen molar-refractivity contribution in [1.82, 2.24) is 30.1 Å². The Bertz CT molecular complexity index is 1120. The van der Waals surface area contributed by atoms with Gasteiger partial charge < -0.3 is 10.2 Å². The Morgan fingerprint density at radius 2 is 1.75 bits per heavy atom. The predicted octanol–water partition coefficient (Wildman–Crippen LogP) is 2.03. The molecule has 2 aliphatic heterocycles. The first-order valence-electron chi connectivity index (χ1n) is 10.9. The Balaban J connectivity index is 1.24. The molecule has 0 bridgehead atoms. The van der Waals surface area contributed by atoms with Crippen LogP contribution in [-0.2, 0) is 13.1 Å². The van der Waals surface area contributed by atoms with Crippen LogP contribution in [0.25, 0.3) is 0 Å². The quantitative estimate of drug-likeness (QED) is 0.685. The summed E-state index contributed by atoms with van der Waals surface area (Å²) in [5, 5.41) is 11.2. The number of benzene rings is 2. The van der Waals surface area contributed by atoms with Crippen molar-refractivity contribution in [1.29, 1.82) is 0 Å². The van der Waals surface area contributed by atoms with E-state index in [1.54, 1.807) is 9.58 Å². The fourth-order valence-electron chi connectivity index (χ4n) is 4.34. The van der Waals surface area contributed by atoms with E-state index in [4.69, 9.17) is 0 Å². The fraction of sp³-hybridized carbons (Fsp3) is 0.333. The Morgan fingerprint density at radius 3 is 2.47 bits per heavy atom. The van der Waals surface area contributed by atoms with Crippen LogP contribution in [0.2, 0.25) is 0 Å². The van der Waals surface area contributed by atoms with Gasteiger partial charge in [0, 0.05) is 32.7 Å². The molecular weight excluding hydrogens is 404 g/mol. The molecule has 1 fully saturated rings. The maximum Gasteiger partial charge on any atom is 0.276 e. The molecule has 2 amide bonds. The summed E-state index contributed by atoms with van der Waals surface area (Å²) in [6.45, 7) is 6.18. The number of rotatable bonds is 4. The topological polar surface area (TPSA) is 83.4 Å². The van der Waals surface area contributed by atoms with Crippen LogP contribution in [0.4, 0.5) is 0 Å². The Morgan fingerprint density at radius 1 is 1.03 bits per heavy atom. The zero-order valence-electron chi connectivity index (χ0n) is 18.1. The lowest BCUT2D eigenvalue weighted by Gasteiger charge is -2.34. The molecule has 8 nitrogen and oxygen atoms in total. The van der Waals surface area contributed by atoms with Gasteiger partial charge in [-0.2, -0.15) is 0 Å². The second-order valence-electron chi connectivity index (χ2n) is 8.46. The van der Waals surface area contributed by atoms with E-state index in [9.17, 15) is 9.59 Å². The number of carbonyl (C=O) groups is 2. The number of aromatic nitrogens is 3. The van der Waals surface area contributed by atoms with E-state index in [1.165, 1.54) is 11.1 Å². The van der Waals surface area contributed by atoms with Crippen molar-refractivity contribution < 1.29 is 9.59 Å². The van der Waals surface area contributed by atoms with E-state index in [1.807, 2.05) is 30.3 Å². The second kappa shape index (κ2) is 8.55. The van der Waals surface area contributed by atoms with Crippen LogP contribution < -0.4 is 5.32 Å². The average Bonchev–Trinajstić information content (AvgIpc) is 3.26. The van der Waals surface area contributed by atoms with Crippen molar-refractivity contribution in [3.63, 3.8) is 0 Å². The van der Waals surface area contributed by atoms with Crippen molar-refractivity contribution in [3.05, 3.63) is 82.7 Å². The highest BCUT2D eigenvalue weighted by molar-refractivity contribution is 6.05. The molecule has 5 rings (SSSR count). The number of piperazine rings is 1. The number of nitrogens with zero attached hydrogens (tertiary/aromatic N) is 5. The largest absolute Gasteiger partial charge is 0.342 e. The summed E-state index contributed by atoms with van der Waals surface area (Å²) >= 11 is 0. The first-order chi connectivity index (χ1) is 15.6. The van der Waals surface area contributed by atoms with Gasteiger partial charge in [0.1, 0.15) is 0 Å². The van der Waals surface area contributed by atoms with E-state index in [2.05, 4.69) is 51.7 Å². The third-order valence-corrected chi connectivity index (χ3v) is 6.20. The third-order valence-electron chi connectivity index (χ3n) is 6.20. The van der Waals surface area contributed by atoms with Gasteiger partial charge in [-0.15, -0.1) is 5.10 Å². The molecule has 0 spiro atoms. The minimum absolute atomic E-state index is 0.140. The normalized spacial score (nSPS) is 18.8. The van der Waals surface area contributed by atoms with Gasteiger partial charge in [0.15, 0.2) is 11.4 Å². The lowest BCUT2D eigenvalue weighted by atomic mass is 10.0. The zero-order chi connectivity index (χ0) is 22.1. The van der Waals surface area contributed by atoms with E-state index in [0.29, 0.717) is 19.6 Å². The van der Waals surface area contributed by atoms with E-state index >= 15 is 0 Å². The molecular formula is C24H26N6O2. The zero-order valence-corrected chi connectivity index (χ0v) is 18.1. The lowest BCUT2D eigenvalue weighted by Crippen LogP contribution is -2.49. The van der Waals surface area contributed by atoms with Crippen molar-refractivity contribution in [2.75, 3.05) is 26.2 Å². The van der Waals surface area contributed by atoms with Gasteiger partial charge in [-0.05, 0) is 18.1 Å². The minimum Gasteiger partial charge on any atom is -0.342 e. The molecule has 0 aliphatic carbocycles. The highest BCUT2D eigenvalue weighted by Gasteiger charge is 2.35. The fourth-order valence-corrected chi connectivity index (χ4v) is 4.34. The van der Waals surface area contributed by atoms with Crippen molar-refractivity contribution in [3.8, 4) is 0 Å². The molecule has 32 heavy (non-hydrogen) atoms. The summed E-state index contributed by atoms with van der Waals surface area (Å²) in [4.78, 5) is 30.1. The van der Waals surface area contributed by atoms with Crippen LogP contribution >= 0.6 is 0 Å². The summed E-state index contributed by atoms with van der Waals surface area (Å²) < 4.78 is 1.55. The molecule has 164 valence electrons. The van der Waals surface area contributed by atoms with E-state index in [0.717, 1.165) is 25.2 Å². The predicted molar refractivity (Wildman–Crippen MR) is 119 cm³/mol. The van der Waals surface area contributed by atoms with E-state index in [-0.39, 0.29) is 29.2 Å². The number of hydrogen-bond acceptors (Lipinski definition) is 5. The number of aryl methyl sites for hydroxylation is 1. The molecule has 0 unspecified atom stereocenters. The van der Waals surface area contributed by atoms with Gasteiger partial charge in [-0.25, -0.2) is 4.68 Å². The van der Waals surface area contributed by atoms with Gasteiger partial charge in [0.05, 0.1) is 12.6 Å². The second-order valence-corrected chi connectivity index (χ2v) is 8.46. The van der Waals surface area contributed by atoms with Crippen LogP contribution in [0, 0.1) is 6.92 Å². The Kier molecular flexibility index (Phi) is 5.45. The number of fused-ring (bicyclic) bond motifs is 1. The molecule has 1 atom stereocenters. The maximum absolute atomic E-state index is 13.1.